The number of phosphoric ester groups is 1. The van der Waals surface area contributed by atoms with Crippen LogP contribution in [0.15, 0.2) is 42.0 Å². The molecular formula is C54H91N2O10P. The summed E-state index contributed by atoms with van der Waals surface area (Å²) in [7, 11) is -4.62. The van der Waals surface area contributed by atoms with Crippen LogP contribution in [0.3, 0.4) is 0 Å². The summed E-state index contributed by atoms with van der Waals surface area (Å²) in [5.41, 5.74) is -0.0569. The summed E-state index contributed by atoms with van der Waals surface area (Å²) in [5.74, 6) is 0.887. The normalized spacial score (nSPS) is 32.7. The fraction of sp³-hybridized carbons (Fsp3) is 0.778. The van der Waals surface area contributed by atoms with Crippen LogP contribution in [-0.4, -0.2) is 92.3 Å². The van der Waals surface area contributed by atoms with Gasteiger partial charge in [-0.25, -0.2) is 4.57 Å². The minimum absolute atomic E-state index is 0.0641. The number of carbonyl (C=O) groups excluding carboxylic acids is 2. The van der Waals surface area contributed by atoms with Gasteiger partial charge in [0.25, 0.3) is 0 Å². The zero-order valence-corrected chi connectivity index (χ0v) is 44.6. The van der Waals surface area contributed by atoms with Crippen molar-refractivity contribution in [1.82, 2.24) is 10.2 Å². The SMILES string of the molecule is CC.CCCCN(CCC)CC(=O)[C@@]1(C2(C)CC(O)[C@]3(C)CC4(C)C=CC(=O)C=C4CCC3[C@@H]2C)O[C@H](C2CCCCC2)O[C@@H]1C.CCc1ccc(C(O)CNC(C)(C)C)cc1OP(=O)(O)O. The van der Waals surface area contributed by atoms with Gasteiger partial charge in [0.05, 0.1) is 24.9 Å². The molecule has 12 nitrogen and oxygen atoms in total. The molecule has 0 amide bonds. The number of hydrogen-bond acceptors (Lipinski definition) is 10. The number of phosphoric acid groups is 1. The molecule has 67 heavy (non-hydrogen) atoms. The van der Waals surface area contributed by atoms with E-state index in [4.69, 9.17) is 23.8 Å². The monoisotopic (exact) mass is 959 g/mol. The Morgan fingerprint density at radius 2 is 1.69 bits per heavy atom. The van der Waals surface area contributed by atoms with Gasteiger partial charge in [-0.05, 0) is 145 Å². The molecule has 1 aliphatic heterocycles. The number of nitrogens with one attached hydrogen (secondary N) is 1. The van der Waals surface area contributed by atoms with Gasteiger partial charge in [0, 0.05) is 28.8 Å². The van der Waals surface area contributed by atoms with E-state index >= 15 is 4.79 Å². The van der Waals surface area contributed by atoms with Crippen LogP contribution in [0.4, 0.5) is 0 Å². The number of nitrogens with zero attached hydrogens (tertiary/aromatic N) is 1. The Morgan fingerprint density at radius 3 is 2.28 bits per heavy atom. The van der Waals surface area contributed by atoms with Crippen molar-refractivity contribution in [2.24, 2.45) is 34.0 Å². The summed E-state index contributed by atoms with van der Waals surface area (Å²) >= 11 is 0. The Bertz CT molecular complexity index is 1900. The van der Waals surface area contributed by atoms with Gasteiger partial charge in [-0.1, -0.05) is 112 Å². The fourth-order valence-electron chi connectivity index (χ4n) is 12.3. The number of fused-ring (bicyclic) bond motifs is 2. The second-order valence-electron chi connectivity index (χ2n) is 22.0. The first-order chi connectivity index (χ1) is 31.4. The van der Waals surface area contributed by atoms with Gasteiger partial charge >= 0.3 is 7.82 Å². The molecule has 1 saturated heterocycles. The molecule has 4 fully saturated rings. The summed E-state index contributed by atoms with van der Waals surface area (Å²) < 4.78 is 29.7. The summed E-state index contributed by atoms with van der Waals surface area (Å²) in [6.45, 7) is 29.8. The van der Waals surface area contributed by atoms with Gasteiger partial charge in [-0.15, -0.1) is 0 Å². The van der Waals surface area contributed by atoms with Gasteiger partial charge in [0.2, 0.25) is 0 Å². The second-order valence-corrected chi connectivity index (χ2v) is 23.1. The molecule has 13 heteroatoms. The molecular weight excluding hydrogens is 868 g/mol. The molecule has 6 rings (SSSR count). The lowest BCUT2D eigenvalue weighted by atomic mass is 9.45. The Hall–Kier alpha value is -2.25. The van der Waals surface area contributed by atoms with E-state index in [1.807, 2.05) is 47.6 Å². The van der Waals surface area contributed by atoms with E-state index in [2.05, 4.69) is 64.8 Å². The number of benzene rings is 1. The Balaban J connectivity index is 0.000000358. The van der Waals surface area contributed by atoms with E-state index in [0.717, 1.165) is 64.5 Å². The van der Waals surface area contributed by atoms with Crippen LogP contribution in [0.5, 0.6) is 5.75 Å². The Labute approximate surface area is 404 Å². The highest BCUT2D eigenvalue weighted by molar-refractivity contribution is 7.46. The number of allylic oxidation sites excluding steroid dienone is 4. The minimum atomic E-state index is -4.62. The van der Waals surface area contributed by atoms with Crippen molar-refractivity contribution in [1.29, 1.82) is 0 Å². The van der Waals surface area contributed by atoms with Crippen LogP contribution in [0, 0.1) is 34.0 Å². The number of aliphatic hydroxyl groups is 2. The van der Waals surface area contributed by atoms with E-state index in [1.165, 1.54) is 30.9 Å². The molecule has 1 heterocycles. The van der Waals surface area contributed by atoms with Crippen molar-refractivity contribution in [3.63, 3.8) is 0 Å². The van der Waals surface area contributed by atoms with Gasteiger partial charge in [-0.3, -0.25) is 24.3 Å². The van der Waals surface area contributed by atoms with Crippen molar-refractivity contribution in [3.8, 4) is 5.75 Å². The lowest BCUT2D eigenvalue weighted by Gasteiger charge is -2.61. The average Bonchev–Trinajstić information content (AvgIpc) is 3.58. The predicted octanol–water partition coefficient (Wildman–Crippen LogP) is 10.6. The van der Waals surface area contributed by atoms with Crippen LogP contribution in [0.2, 0.25) is 0 Å². The zero-order chi connectivity index (χ0) is 50.2. The molecule has 1 aromatic rings. The van der Waals surface area contributed by atoms with Crippen LogP contribution in [0.1, 0.15) is 184 Å². The highest BCUT2D eigenvalue weighted by Gasteiger charge is 2.70. The van der Waals surface area contributed by atoms with Gasteiger partial charge in [0.1, 0.15) is 5.75 Å². The van der Waals surface area contributed by atoms with Gasteiger partial charge in [-0.2, -0.15) is 0 Å². The number of aliphatic hydroxyl groups excluding tert-OH is 2. The number of Topliss-reactive ketones (excluding diaryl/α,β-unsaturated/α-hetero) is 1. The number of ether oxygens (including phenoxy) is 2. The molecule has 10 atom stereocenters. The Kier molecular flexibility index (Phi) is 20.3. The van der Waals surface area contributed by atoms with Crippen molar-refractivity contribution in [3.05, 3.63) is 53.1 Å². The lowest BCUT2D eigenvalue weighted by molar-refractivity contribution is -0.223. The molecule has 4 aliphatic carbocycles. The highest BCUT2D eigenvalue weighted by Crippen LogP contribution is 2.66. The van der Waals surface area contributed by atoms with E-state index in [9.17, 15) is 19.6 Å². The molecule has 382 valence electrons. The van der Waals surface area contributed by atoms with Crippen LogP contribution in [-0.2, 0) is 30.0 Å². The molecule has 0 bridgehead atoms. The minimum Gasteiger partial charge on any atom is -0.404 e. The first-order valence-corrected chi connectivity index (χ1v) is 27.4. The van der Waals surface area contributed by atoms with Crippen LogP contribution >= 0.6 is 7.82 Å². The number of aryl methyl sites for hydroxylation is 1. The van der Waals surface area contributed by atoms with Crippen molar-refractivity contribution in [2.75, 3.05) is 26.2 Å². The third-order valence-electron chi connectivity index (χ3n) is 16.1. The van der Waals surface area contributed by atoms with Crippen molar-refractivity contribution < 1.29 is 48.2 Å². The number of rotatable bonds is 16. The molecule has 5 aliphatic rings. The van der Waals surface area contributed by atoms with Crippen LogP contribution in [0.25, 0.3) is 0 Å². The maximum absolute atomic E-state index is 15.0. The topological polar surface area (TPSA) is 175 Å². The summed E-state index contributed by atoms with van der Waals surface area (Å²) in [4.78, 5) is 47.6. The number of carbonyl (C=O) groups is 2. The van der Waals surface area contributed by atoms with Gasteiger partial charge in [0.15, 0.2) is 23.5 Å². The molecule has 3 saturated carbocycles. The molecule has 5 N–H and O–H groups in total. The number of unbranched alkanes of at least 4 members (excludes halogenated alkanes) is 1. The number of β-amino-alcohol motifs (C(OH)–C–C–N with tert-alkyl or cyclic N) is 1. The number of hydrogen-bond donors (Lipinski definition) is 5. The van der Waals surface area contributed by atoms with Crippen molar-refractivity contribution in [2.45, 2.75) is 209 Å². The largest absolute Gasteiger partial charge is 0.524 e. The predicted molar refractivity (Wildman–Crippen MR) is 268 cm³/mol. The molecule has 0 spiro atoms. The third-order valence-corrected chi connectivity index (χ3v) is 16.6. The smallest absolute Gasteiger partial charge is 0.404 e. The second kappa shape index (κ2) is 23.8. The van der Waals surface area contributed by atoms with E-state index in [-0.39, 0.29) is 51.8 Å². The maximum atomic E-state index is 15.0. The molecule has 0 aromatic heterocycles. The average molecular weight is 959 g/mol. The fourth-order valence-corrected chi connectivity index (χ4v) is 12.7. The lowest BCUT2D eigenvalue weighted by Crippen LogP contribution is -2.68. The summed E-state index contributed by atoms with van der Waals surface area (Å²) in [6.07, 6.45) is 16.0. The highest BCUT2D eigenvalue weighted by atomic mass is 31.2. The third kappa shape index (κ3) is 13.4. The first-order valence-electron chi connectivity index (χ1n) is 25.9. The van der Waals surface area contributed by atoms with Gasteiger partial charge < -0.3 is 29.5 Å². The zero-order valence-electron chi connectivity index (χ0n) is 43.7. The summed E-state index contributed by atoms with van der Waals surface area (Å²) in [6, 6.07) is 4.92. The quantitative estimate of drug-likeness (QED) is 0.0994. The summed E-state index contributed by atoms with van der Waals surface area (Å²) in [5, 5.41) is 25.6. The van der Waals surface area contributed by atoms with Crippen molar-refractivity contribution >= 4 is 19.4 Å². The standard InChI is InChI=1S/C38H61NO5.C14H24NO5P.C2H6/c1-8-10-21-39(20-9-2)24-33(42)38(27(4)43-34(44-38)28-14-12-11-13-15-28)37(7)23-32(41)36(6)25-35(5)19-18-30(40)22-29(35)16-17-31(36)26(37)3;1-5-10-6-7-11(8-13(10)20-21(17,18)19)12(16)9-15-14(2,3)4;1-2/h18-19,22,26-28,31-32,34,41H,8-17,20-21,23-25H2,1-7H3;6-8,12,15-16H,5,9H2,1-4H3,(H2,17,18,19);1-2H3/t26-,27+,31?,32?,34+,35?,36+,37?,38-;;/m0../s1. The maximum Gasteiger partial charge on any atom is 0.524 e. The molecule has 5 unspecified atom stereocenters. The first kappa shape index (κ1) is 57.3. The van der Waals surface area contributed by atoms with E-state index < -0.39 is 37.2 Å². The van der Waals surface area contributed by atoms with E-state index in [0.29, 0.717) is 43.0 Å². The number of ketones is 2. The molecule has 1 aromatic carbocycles. The molecule has 0 radical (unpaired) electrons. The van der Waals surface area contributed by atoms with Crippen LogP contribution < -0.4 is 9.84 Å². The van der Waals surface area contributed by atoms with E-state index in [1.54, 1.807) is 18.2 Å². The Morgan fingerprint density at radius 1 is 1.01 bits per heavy atom.